The fourth-order valence-electron chi connectivity index (χ4n) is 3.60. The Morgan fingerprint density at radius 1 is 1.38 bits per heavy atom. The highest BCUT2D eigenvalue weighted by Gasteiger charge is 2.61. The summed E-state index contributed by atoms with van der Waals surface area (Å²) in [7, 11) is 0. The second-order valence-corrected chi connectivity index (χ2v) is 6.33. The Labute approximate surface area is 98.1 Å². The third-order valence-electron chi connectivity index (χ3n) is 4.87. The summed E-state index contributed by atoms with van der Waals surface area (Å²) in [6, 6.07) is 0. The maximum atomic E-state index is 11.7. The number of carbonyl (C=O) groups excluding carboxylic acids is 1. The van der Waals surface area contributed by atoms with Crippen molar-refractivity contribution in [1.82, 2.24) is 0 Å². The Hall–Kier alpha value is -0.790. The number of hydrogen-bond donors (Lipinski definition) is 0. The third kappa shape index (κ3) is 1.50. The highest BCUT2D eigenvalue weighted by molar-refractivity contribution is 5.87. The molecule has 3 fully saturated rings. The van der Waals surface area contributed by atoms with Gasteiger partial charge in [-0.15, -0.1) is 0 Å². The van der Waals surface area contributed by atoms with Gasteiger partial charge < -0.3 is 4.74 Å². The Morgan fingerprint density at radius 2 is 2.00 bits per heavy atom. The molecule has 0 N–H and O–H groups in total. The zero-order valence-corrected chi connectivity index (χ0v) is 10.8. The average Bonchev–Trinajstić information content (AvgIpc) is 2.16. The number of esters is 1. The molecule has 2 nitrogen and oxygen atoms in total. The molecule has 90 valence electrons. The Bertz CT molecular complexity index is 341. The van der Waals surface area contributed by atoms with Gasteiger partial charge in [0.2, 0.25) is 0 Å². The van der Waals surface area contributed by atoms with E-state index in [9.17, 15) is 4.79 Å². The molecule has 0 amide bonds. The fraction of sp³-hybridized carbons (Fsp3) is 0.786. The van der Waals surface area contributed by atoms with Crippen molar-refractivity contribution in [3.63, 3.8) is 0 Å². The van der Waals surface area contributed by atoms with Crippen molar-refractivity contribution in [1.29, 1.82) is 0 Å². The van der Waals surface area contributed by atoms with Crippen molar-refractivity contribution in [2.24, 2.45) is 17.3 Å². The zero-order chi connectivity index (χ0) is 12.1. The summed E-state index contributed by atoms with van der Waals surface area (Å²) < 4.78 is 5.69. The van der Waals surface area contributed by atoms with Crippen molar-refractivity contribution < 1.29 is 9.53 Å². The summed E-state index contributed by atoms with van der Waals surface area (Å²) in [4.78, 5) is 11.7. The van der Waals surface area contributed by atoms with Crippen LogP contribution in [0.2, 0.25) is 0 Å². The van der Waals surface area contributed by atoms with Gasteiger partial charge in [0.05, 0.1) is 0 Å². The highest BCUT2D eigenvalue weighted by Crippen LogP contribution is 2.63. The molecule has 0 spiro atoms. The molecule has 16 heavy (non-hydrogen) atoms. The minimum absolute atomic E-state index is 0.233. The van der Waals surface area contributed by atoms with Gasteiger partial charge in [-0.25, -0.2) is 4.79 Å². The molecule has 3 unspecified atom stereocenters. The molecular weight excluding hydrogens is 200 g/mol. The molecule has 0 aromatic rings. The van der Waals surface area contributed by atoms with Gasteiger partial charge in [0.1, 0.15) is 5.60 Å². The van der Waals surface area contributed by atoms with Crippen molar-refractivity contribution >= 4 is 5.97 Å². The van der Waals surface area contributed by atoms with Crippen LogP contribution >= 0.6 is 0 Å². The predicted octanol–water partition coefficient (Wildman–Crippen LogP) is 3.32. The molecule has 2 bridgehead atoms. The molecule has 3 aliphatic carbocycles. The Kier molecular flexibility index (Phi) is 2.45. The minimum Gasteiger partial charge on any atom is -0.456 e. The van der Waals surface area contributed by atoms with Crippen molar-refractivity contribution in [2.45, 2.75) is 52.6 Å². The molecular formula is C14H22O2. The van der Waals surface area contributed by atoms with Gasteiger partial charge in [-0.1, -0.05) is 20.4 Å². The van der Waals surface area contributed by atoms with Crippen LogP contribution in [0.5, 0.6) is 0 Å². The van der Waals surface area contributed by atoms with Crippen LogP contribution in [0.3, 0.4) is 0 Å². The van der Waals surface area contributed by atoms with Crippen LogP contribution in [0.4, 0.5) is 0 Å². The SMILES string of the molecule is C=C(C)C(=O)OC1(C)CCC2CC1C2(C)C. The lowest BCUT2D eigenvalue weighted by atomic mass is 9.44. The first-order chi connectivity index (χ1) is 7.27. The summed E-state index contributed by atoms with van der Waals surface area (Å²) in [5.41, 5.74) is 0.567. The van der Waals surface area contributed by atoms with E-state index in [0.29, 0.717) is 16.9 Å². The Morgan fingerprint density at radius 3 is 2.44 bits per heavy atom. The lowest BCUT2D eigenvalue weighted by molar-refractivity contribution is -0.215. The van der Waals surface area contributed by atoms with Gasteiger partial charge in [-0.05, 0) is 44.4 Å². The fourth-order valence-corrected chi connectivity index (χ4v) is 3.60. The lowest BCUT2D eigenvalue weighted by Gasteiger charge is -2.63. The van der Waals surface area contributed by atoms with E-state index in [2.05, 4.69) is 27.4 Å². The predicted molar refractivity (Wildman–Crippen MR) is 63.9 cm³/mol. The standard InChI is InChI=1S/C14H22O2/c1-9(2)12(15)16-14(5)7-6-10-8-11(14)13(10,3)4/h10-11H,1,6-8H2,2-5H3. The van der Waals surface area contributed by atoms with E-state index >= 15 is 0 Å². The second kappa shape index (κ2) is 3.35. The number of carbonyl (C=O) groups is 1. The monoisotopic (exact) mass is 222 g/mol. The van der Waals surface area contributed by atoms with E-state index in [1.54, 1.807) is 6.92 Å². The molecule has 2 heteroatoms. The average molecular weight is 222 g/mol. The maximum Gasteiger partial charge on any atom is 0.333 e. The summed E-state index contributed by atoms with van der Waals surface area (Å²) >= 11 is 0. The highest BCUT2D eigenvalue weighted by atomic mass is 16.6. The maximum absolute atomic E-state index is 11.7. The normalized spacial score (nSPS) is 39.8. The molecule has 0 aliphatic heterocycles. The zero-order valence-electron chi connectivity index (χ0n) is 10.8. The van der Waals surface area contributed by atoms with Crippen LogP contribution in [0, 0.1) is 17.3 Å². The Balaban J connectivity index is 2.13. The van der Waals surface area contributed by atoms with Crippen LogP contribution in [-0.2, 0) is 9.53 Å². The molecule has 3 rings (SSSR count). The van der Waals surface area contributed by atoms with Crippen molar-refractivity contribution in [2.75, 3.05) is 0 Å². The summed E-state index contributed by atoms with van der Waals surface area (Å²) in [5, 5.41) is 0. The lowest BCUT2D eigenvalue weighted by Crippen LogP contribution is -2.61. The van der Waals surface area contributed by atoms with Gasteiger partial charge in [-0.2, -0.15) is 0 Å². The number of rotatable bonds is 2. The van der Waals surface area contributed by atoms with E-state index in [1.165, 1.54) is 12.8 Å². The molecule has 3 atom stereocenters. The smallest absolute Gasteiger partial charge is 0.333 e. The largest absolute Gasteiger partial charge is 0.456 e. The van der Waals surface area contributed by atoms with E-state index in [0.717, 1.165) is 12.3 Å². The number of ether oxygens (including phenoxy) is 1. The molecule has 0 aromatic heterocycles. The second-order valence-electron chi connectivity index (χ2n) is 6.33. The minimum atomic E-state index is -0.270. The van der Waals surface area contributed by atoms with Crippen molar-refractivity contribution in [3.05, 3.63) is 12.2 Å². The van der Waals surface area contributed by atoms with Crippen LogP contribution in [0.25, 0.3) is 0 Å². The van der Waals surface area contributed by atoms with Crippen LogP contribution in [0.15, 0.2) is 12.2 Å². The third-order valence-corrected chi connectivity index (χ3v) is 4.87. The van der Waals surface area contributed by atoms with E-state index in [1.807, 2.05) is 0 Å². The first-order valence-electron chi connectivity index (χ1n) is 6.16. The molecule has 3 aliphatic rings. The molecule has 3 saturated carbocycles. The number of hydrogen-bond acceptors (Lipinski definition) is 2. The van der Waals surface area contributed by atoms with Crippen LogP contribution in [-0.4, -0.2) is 11.6 Å². The van der Waals surface area contributed by atoms with Crippen LogP contribution in [0.1, 0.15) is 47.0 Å². The van der Waals surface area contributed by atoms with Gasteiger partial charge in [0, 0.05) is 11.5 Å². The summed E-state index contributed by atoms with van der Waals surface area (Å²) in [6.45, 7) is 12.1. The topological polar surface area (TPSA) is 26.3 Å². The first kappa shape index (κ1) is 11.7. The molecule has 0 aromatic carbocycles. The van der Waals surface area contributed by atoms with Gasteiger partial charge in [0.15, 0.2) is 0 Å². The first-order valence-corrected chi connectivity index (χ1v) is 6.16. The quantitative estimate of drug-likeness (QED) is 0.529. The number of fused-ring (bicyclic) bond motifs is 2. The van der Waals surface area contributed by atoms with Crippen molar-refractivity contribution in [3.8, 4) is 0 Å². The van der Waals surface area contributed by atoms with Gasteiger partial charge in [-0.3, -0.25) is 0 Å². The van der Waals surface area contributed by atoms with E-state index < -0.39 is 0 Å². The summed E-state index contributed by atoms with van der Waals surface area (Å²) in [5.74, 6) is 1.11. The summed E-state index contributed by atoms with van der Waals surface area (Å²) in [6.07, 6.45) is 3.40. The van der Waals surface area contributed by atoms with E-state index in [-0.39, 0.29) is 11.6 Å². The molecule has 0 heterocycles. The van der Waals surface area contributed by atoms with Gasteiger partial charge in [0.25, 0.3) is 0 Å². The molecule has 0 radical (unpaired) electrons. The van der Waals surface area contributed by atoms with E-state index in [4.69, 9.17) is 4.74 Å². The van der Waals surface area contributed by atoms with Crippen LogP contribution < -0.4 is 0 Å². The molecule has 0 saturated heterocycles. The van der Waals surface area contributed by atoms with Gasteiger partial charge >= 0.3 is 5.97 Å².